The molecule has 0 saturated carbocycles. The summed E-state index contributed by atoms with van der Waals surface area (Å²) in [6.07, 6.45) is -2.63. The van der Waals surface area contributed by atoms with Gasteiger partial charge in [0, 0.05) is 23.0 Å². The molecule has 2 aromatic carbocycles. The maximum atomic E-state index is 12.8. The van der Waals surface area contributed by atoms with Crippen LogP contribution in [-0.4, -0.2) is 16.7 Å². The number of aromatic nitrogens is 2. The Morgan fingerprint density at radius 1 is 1.04 bits per heavy atom. The molecule has 6 heteroatoms. The number of rotatable bonds is 4. The molecule has 0 spiro atoms. The van der Waals surface area contributed by atoms with Crippen LogP contribution in [0.3, 0.4) is 0 Å². The summed E-state index contributed by atoms with van der Waals surface area (Å²) < 4.78 is 45.7. The molecule has 0 amide bonds. The predicted octanol–water partition coefficient (Wildman–Crippen LogP) is 5.24. The molecule has 3 nitrogen and oxygen atoms in total. The van der Waals surface area contributed by atoms with Crippen LogP contribution in [0.25, 0.3) is 11.4 Å². The summed E-state index contributed by atoms with van der Waals surface area (Å²) in [5, 5.41) is 0. The average molecular weight is 360 g/mol. The van der Waals surface area contributed by atoms with Crippen molar-refractivity contribution < 1.29 is 17.9 Å². The van der Waals surface area contributed by atoms with Crippen LogP contribution in [0.5, 0.6) is 5.75 Å². The van der Waals surface area contributed by atoms with E-state index in [1.54, 1.807) is 13.3 Å². The van der Waals surface area contributed by atoms with E-state index >= 15 is 0 Å². The maximum Gasteiger partial charge on any atom is 0.416 e. The minimum absolute atomic E-state index is 0.521. The molecular formula is C20H19F3N2O. The summed E-state index contributed by atoms with van der Waals surface area (Å²) in [6, 6.07) is 11.0. The van der Waals surface area contributed by atoms with Crippen LogP contribution in [0, 0.1) is 13.8 Å². The third-order valence-corrected chi connectivity index (χ3v) is 4.29. The molecule has 0 bridgehead atoms. The van der Waals surface area contributed by atoms with Gasteiger partial charge in [0.05, 0.1) is 19.2 Å². The summed E-state index contributed by atoms with van der Waals surface area (Å²) in [5.41, 5.74) is 2.98. The monoisotopic (exact) mass is 360 g/mol. The molecule has 0 aliphatic rings. The van der Waals surface area contributed by atoms with Crippen LogP contribution < -0.4 is 4.74 Å². The number of nitrogens with zero attached hydrogens (tertiary/aromatic N) is 2. The van der Waals surface area contributed by atoms with Crippen LogP contribution >= 0.6 is 0 Å². The largest absolute Gasteiger partial charge is 0.496 e. The molecule has 0 fully saturated rings. The number of imidazole rings is 1. The van der Waals surface area contributed by atoms with Crippen molar-refractivity contribution in [1.82, 2.24) is 9.55 Å². The van der Waals surface area contributed by atoms with Crippen LogP contribution in [-0.2, 0) is 12.7 Å². The number of ether oxygens (including phenoxy) is 1. The Balaban J connectivity index is 1.99. The van der Waals surface area contributed by atoms with Crippen LogP contribution in [0.15, 0.2) is 48.7 Å². The number of benzene rings is 2. The summed E-state index contributed by atoms with van der Waals surface area (Å²) in [4.78, 5) is 4.39. The van der Waals surface area contributed by atoms with Crippen molar-refractivity contribution in [3.8, 4) is 17.1 Å². The molecular weight excluding hydrogens is 341 g/mol. The molecule has 0 aliphatic heterocycles. The molecule has 0 atom stereocenters. The van der Waals surface area contributed by atoms with Crippen molar-refractivity contribution >= 4 is 0 Å². The van der Waals surface area contributed by atoms with E-state index in [0.29, 0.717) is 17.9 Å². The highest BCUT2D eigenvalue weighted by molar-refractivity contribution is 5.57. The standard InChI is InChI=1S/C20H19F3N2O/c1-13-4-9-18(26-3)16(10-13)12-25-14(2)11-24-19(25)15-5-7-17(8-6-15)20(21,22)23/h4-11H,12H2,1-3H3. The summed E-state index contributed by atoms with van der Waals surface area (Å²) in [6.45, 7) is 4.44. The lowest BCUT2D eigenvalue weighted by Gasteiger charge is -2.14. The molecule has 0 aliphatic carbocycles. The Bertz CT molecular complexity index is 912. The third-order valence-electron chi connectivity index (χ3n) is 4.29. The smallest absolute Gasteiger partial charge is 0.416 e. The Kier molecular flexibility index (Phi) is 4.76. The van der Waals surface area contributed by atoms with E-state index in [1.807, 2.05) is 36.6 Å². The molecule has 0 N–H and O–H groups in total. The third kappa shape index (κ3) is 3.59. The maximum absolute atomic E-state index is 12.8. The van der Waals surface area contributed by atoms with Gasteiger partial charge in [0.15, 0.2) is 0 Å². The number of methoxy groups -OCH3 is 1. The second kappa shape index (κ2) is 6.86. The van der Waals surface area contributed by atoms with Crippen LogP contribution in [0.1, 0.15) is 22.4 Å². The zero-order chi connectivity index (χ0) is 18.9. The Morgan fingerprint density at radius 2 is 1.73 bits per heavy atom. The molecule has 0 saturated heterocycles. The minimum atomic E-state index is -4.35. The molecule has 3 rings (SSSR count). The average Bonchev–Trinajstić information content (AvgIpc) is 2.95. The van der Waals surface area contributed by atoms with Gasteiger partial charge in [0.1, 0.15) is 11.6 Å². The lowest BCUT2D eigenvalue weighted by molar-refractivity contribution is -0.137. The van der Waals surface area contributed by atoms with Gasteiger partial charge in [-0.15, -0.1) is 0 Å². The van der Waals surface area contributed by atoms with Gasteiger partial charge in [-0.25, -0.2) is 4.98 Å². The molecule has 26 heavy (non-hydrogen) atoms. The van der Waals surface area contributed by atoms with Gasteiger partial charge in [-0.1, -0.05) is 29.8 Å². The quantitative estimate of drug-likeness (QED) is 0.636. The fraction of sp³-hybridized carbons (Fsp3) is 0.250. The molecule has 0 radical (unpaired) electrons. The van der Waals surface area contributed by atoms with Crippen molar-refractivity contribution in [2.45, 2.75) is 26.6 Å². The van der Waals surface area contributed by atoms with Crippen molar-refractivity contribution in [3.05, 3.63) is 71.0 Å². The summed E-state index contributed by atoms with van der Waals surface area (Å²) >= 11 is 0. The van der Waals surface area contributed by atoms with Gasteiger partial charge >= 0.3 is 6.18 Å². The molecule has 0 unspecified atom stereocenters. The van der Waals surface area contributed by atoms with E-state index in [0.717, 1.165) is 34.7 Å². The van der Waals surface area contributed by atoms with E-state index in [-0.39, 0.29) is 0 Å². The van der Waals surface area contributed by atoms with Gasteiger partial charge in [-0.2, -0.15) is 13.2 Å². The second-order valence-corrected chi connectivity index (χ2v) is 6.20. The Labute approximate surface area is 150 Å². The van der Waals surface area contributed by atoms with E-state index in [4.69, 9.17) is 4.74 Å². The van der Waals surface area contributed by atoms with Crippen molar-refractivity contribution in [3.63, 3.8) is 0 Å². The zero-order valence-corrected chi connectivity index (χ0v) is 14.8. The molecule has 3 aromatic rings. The van der Waals surface area contributed by atoms with Gasteiger partial charge in [-0.3, -0.25) is 0 Å². The predicted molar refractivity (Wildman–Crippen MR) is 94.2 cm³/mol. The van der Waals surface area contributed by atoms with Gasteiger partial charge in [-0.05, 0) is 32.0 Å². The van der Waals surface area contributed by atoms with Crippen molar-refractivity contribution in [2.24, 2.45) is 0 Å². The Morgan fingerprint density at radius 3 is 2.35 bits per heavy atom. The highest BCUT2D eigenvalue weighted by Crippen LogP contribution is 2.31. The first-order valence-electron chi connectivity index (χ1n) is 8.13. The van der Waals surface area contributed by atoms with E-state index in [1.165, 1.54) is 12.1 Å². The normalized spacial score (nSPS) is 11.6. The molecule has 1 aromatic heterocycles. The summed E-state index contributed by atoms with van der Waals surface area (Å²) in [7, 11) is 1.62. The number of hydrogen-bond acceptors (Lipinski definition) is 2. The highest BCUT2D eigenvalue weighted by atomic mass is 19.4. The molecule has 136 valence electrons. The minimum Gasteiger partial charge on any atom is -0.496 e. The van der Waals surface area contributed by atoms with Crippen LogP contribution in [0.2, 0.25) is 0 Å². The van der Waals surface area contributed by atoms with E-state index in [9.17, 15) is 13.2 Å². The zero-order valence-electron chi connectivity index (χ0n) is 14.8. The van der Waals surface area contributed by atoms with Crippen LogP contribution in [0.4, 0.5) is 13.2 Å². The number of alkyl halides is 3. The summed E-state index contributed by atoms with van der Waals surface area (Å²) in [5.74, 6) is 1.39. The first kappa shape index (κ1) is 18.0. The number of halogens is 3. The van der Waals surface area contributed by atoms with Gasteiger partial charge < -0.3 is 9.30 Å². The Hall–Kier alpha value is -2.76. The van der Waals surface area contributed by atoms with E-state index in [2.05, 4.69) is 4.98 Å². The second-order valence-electron chi connectivity index (χ2n) is 6.20. The molecule has 1 heterocycles. The van der Waals surface area contributed by atoms with Crippen molar-refractivity contribution in [1.29, 1.82) is 0 Å². The first-order chi connectivity index (χ1) is 12.3. The number of aryl methyl sites for hydroxylation is 2. The fourth-order valence-corrected chi connectivity index (χ4v) is 2.90. The van der Waals surface area contributed by atoms with Crippen molar-refractivity contribution in [2.75, 3.05) is 7.11 Å². The van der Waals surface area contributed by atoms with Gasteiger partial charge in [0.2, 0.25) is 0 Å². The lowest BCUT2D eigenvalue weighted by Crippen LogP contribution is -2.07. The highest BCUT2D eigenvalue weighted by Gasteiger charge is 2.30. The SMILES string of the molecule is COc1ccc(C)cc1Cn1c(C)cnc1-c1ccc(C(F)(F)F)cc1. The lowest BCUT2D eigenvalue weighted by atomic mass is 10.1. The first-order valence-corrected chi connectivity index (χ1v) is 8.13. The topological polar surface area (TPSA) is 27.1 Å². The van der Waals surface area contributed by atoms with E-state index < -0.39 is 11.7 Å². The number of hydrogen-bond donors (Lipinski definition) is 0. The van der Waals surface area contributed by atoms with Gasteiger partial charge in [0.25, 0.3) is 0 Å². The fourth-order valence-electron chi connectivity index (χ4n) is 2.90.